The van der Waals surface area contributed by atoms with Crippen LogP contribution in [-0.4, -0.2) is 24.0 Å². The van der Waals surface area contributed by atoms with E-state index in [-0.39, 0.29) is 11.2 Å². The Hall–Kier alpha value is -0.900. The zero-order chi connectivity index (χ0) is 11.7. The van der Waals surface area contributed by atoms with Gasteiger partial charge in [0.2, 0.25) is 0 Å². The summed E-state index contributed by atoms with van der Waals surface area (Å²) in [4.78, 5) is 5.46. The fraction of sp³-hybridized carbons (Fsp3) is 0.545. The van der Waals surface area contributed by atoms with Gasteiger partial charge in [0.25, 0.3) is 0 Å². The molecule has 16 heavy (non-hydrogen) atoms. The predicted molar refractivity (Wildman–Crippen MR) is 59.8 cm³/mol. The Morgan fingerprint density at radius 3 is 2.75 bits per heavy atom. The lowest BCUT2D eigenvalue weighted by Crippen LogP contribution is -2.35. The van der Waals surface area contributed by atoms with E-state index in [1.54, 1.807) is 11.9 Å². The number of rotatable bonds is 3. The van der Waals surface area contributed by atoms with Crippen LogP contribution in [-0.2, 0) is 0 Å². The summed E-state index contributed by atoms with van der Waals surface area (Å²) in [7, 11) is 1.75. The van der Waals surface area contributed by atoms with Crippen LogP contribution in [0.25, 0.3) is 0 Å². The minimum absolute atomic E-state index is 0.194. The summed E-state index contributed by atoms with van der Waals surface area (Å²) in [5, 5.41) is 0.254. The summed E-state index contributed by atoms with van der Waals surface area (Å²) >= 11 is 5.87. The smallest absolute Gasteiger partial charge is 0.168 e. The third-order valence-corrected chi connectivity index (χ3v) is 3.22. The first-order valence-electron chi connectivity index (χ1n) is 5.22. The van der Waals surface area contributed by atoms with Crippen molar-refractivity contribution in [3.63, 3.8) is 0 Å². The molecular weight excluding hydrogens is 234 g/mol. The predicted octanol–water partition coefficient (Wildman–Crippen LogP) is 2.81. The van der Waals surface area contributed by atoms with Gasteiger partial charge in [0.15, 0.2) is 11.6 Å². The van der Waals surface area contributed by atoms with Crippen LogP contribution in [0.3, 0.4) is 0 Å². The second-order valence-corrected chi connectivity index (χ2v) is 4.89. The molecule has 0 amide bonds. The highest BCUT2D eigenvalue weighted by Gasteiger charge is 2.28. The maximum Gasteiger partial charge on any atom is 0.168 e. The Morgan fingerprint density at radius 1 is 1.50 bits per heavy atom. The highest BCUT2D eigenvalue weighted by molar-refractivity contribution is 6.21. The van der Waals surface area contributed by atoms with Crippen molar-refractivity contribution in [2.45, 2.75) is 18.2 Å². The number of pyridine rings is 1. The molecule has 0 N–H and O–H groups in total. The van der Waals surface area contributed by atoms with E-state index >= 15 is 0 Å². The van der Waals surface area contributed by atoms with Crippen molar-refractivity contribution in [1.29, 1.82) is 0 Å². The van der Waals surface area contributed by atoms with Crippen molar-refractivity contribution >= 4 is 17.4 Å². The number of halogens is 3. The molecule has 1 aliphatic rings. The molecule has 0 aromatic carbocycles. The topological polar surface area (TPSA) is 16.1 Å². The Labute approximate surface area is 98.2 Å². The number of aromatic nitrogens is 1. The van der Waals surface area contributed by atoms with E-state index < -0.39 is 11.6 Å². The van der Waals surface area contributed by atoms with Crippen LogP contribution in [0, 0.1) is 17.6 Å². The average molecular weight is 247 g/mol. The van der Waals surface area contributed by atoms with Crippen LogP contribution in [0.1, 0.15) is 12.8 Å². The molecule has 0 atom stereocenters. The minimum atomic E-state index is -0.654. The van der Waals surface area contributed by atoms with Crippen molar-refractivity contribution in [1.82, 2.24) is 4.98 Å². The highest BCUT2D eigenvalue weighted by atomic mass is 35.5. The van der Waals surface area contributed by atoms with Crippen LogP contribution in [0.4, 0.5) is 14.6 Å². The van der Waals surface area contributed by atoms with E-state index in [1.807, 2.05) is 0 Å². The van der Waals surface area contributed by atoms with Crippen molar-refractivity contribution in [3.05, 3.63) is 23.9 Å². The zero-order valence-corrected chi connectivity index (χ0v) is 9.71. The van der Waals surface area contributed by atoms with Gasteiger partial charge >= 0.3 is 0 Å². The second-order valence-electron chi connectivity index (χ2n) is 4.27. The van der Waals surface area contributed by atoms with Crippen molar-refractivity contribution in [2.24, 2.45) is 5.92 Å². The van der Waals surface area contributed by atoms with Crippen LogP contribution in [0.5, 0.6) is 0 Å². The second kappa shape index (κ2) is 4.53. The van der Waals surface area contributed by atoms with Crippen LogP contribution >= 0.6 is 11.6 Å². The van der Waals surface area contributed by atoms with Gasteiger partial charge in [-0.15, -0.1) is 11.6 Å². The summed E-state index contributed by atoms with van der Waals surface area (Å²) in [6.45, 7) is 0.707. The molecule has 1 heterocycles. The molecule has 5 heteroatoms. The van der Waals surface area contributed by atoms with Crippen LogP contribution < -0.4 is 4.90 Å². The van der Waals surface area contributed by atoms with E-state index in [9.17, 15) is 8.78 Å². The third kappa shape index (κ3) is 2.43. The van der Waals surface area contributed by atoms with E-state index in [1.165, 1.54) is 0 Å². The molecule has 1 aliphatic carbocycles. The third-order valence-electron chi connectivity index (χ3n) is 2.86. The first-order chi connectivity index (χ1) is 7.56. The van der Waals surface area contributed by atoms with Gasteiger partial charge in [-0.3, -0.25) is 0 Å². The molecule has 1 saturated carbocycles. The van der Waals surface area contributed by atoms with Gasteiger partial charge < -0.3 is 4.90 Å². The summed E-state index contributed by atoms with van der Waals surface area (Å²) in [6, 6.07) is 0.851. The number of alkyl halides is 1. The zero-order valence-electron chi connectivity index (χ0n) is 8.96. The average Bonchev–Trinajstić information content (AvgIpc) is 2.15. The molecule has 0 bridgehead atoms. The Kier molecular flexibility index (Phi) is 3.28. The fourth-order valence-electron chi connectivity index (χ4n) is 1.97. The quantitative estimate of drug-likeness (QED) is 0.763. The first-order valence-corrected chi connectivity index (χ1v) is 5.66. The minimum Gasteiger partial charge on any atom is -0.357 e. The van der Waals surface area contributed by atoms with Gasteiger partial charge in [0.05, 0.1) is 6.20 Å². The maximum absolute atomic E-state index is 13.4. The normalized spacial score (nSPS) is 24.0. The van der Waals surface area contributed by atoms with Crippen molar-refractivity contribution < 1.29 is 8.78 Å². The van der Waals surface area contributed by atoms with Gasteiger partial charge in [0.1, 0.15) is 5.82 Å². The Bertz CT molecular complexity index is 380. The molecule has 1 aromatic rings. The molecule has 2 nitrogen and oxygen atoms in total. The van der Waals surface area contributed by atoms with Crippen LogP contribution in [0.15, 0.2) is 12.3 Å². The molecule has 0 spiro atoms. The fourth-order valence-corrected chi connectivity index (χ4v) is 2.47. The number of anilines is 1. The molecule has 1 aromatic heterocycles. The summed E-state index contributed by atoms with van der Waals surface area (Å²) < 4.78 is 26.0. The molecular formula is C11H13ClF2N2. The molecule has 0 radical (unpaired) electrons. The van der Waals surface area contributed by atoms with Crippen LogP contribution in [0.2, 0.25) is 0 Å². The van der Waals surface area contributed by atoms with Crippen molar-refractivity contribution in [3.8, 4) is 0 Å². The van der Waals surface area contributed by atoms with Gasteiger partial charge in [-0.1, -0.05) is 0 Å². The number of nitrogens with zero attached hydrogens (tertiary/aromatic N) is 2. The standard InChI is InChI=1S/C11H13ClF2N2/c1-16(6-7-2-8(12)3-7)11-10(14)4-9(13)5-15-11/h4-5,7-8H,2-3,6H2,1H3. The lowest BCUT2D eigenvalue weighted by atomic mass is 9.84. The number of hydrogen-bond donors (Lipinski definition) is 0. The first kappa shape index (κ1) is 11.6. The van der Waals surface area contributed by atoms with E-state index in [0.717, 1.165) is 25.1 Å². The SMILES string of the molecule is CN(CC1CC(Cl)C1)c1ncc(F)cc1F. The number of hydrogen-bond acceptors (Lipinski definition) is 2. The van der Waals surface area contributed by atoms with Crippen molar-refractivity contribution in [2.75, 3.05) is 18.5 Å². The molecule has 1 fully saturated rings. The van der Waals surface area contributed by atoms with E-state index in [0.29, 0.717) is 12.5 Å². The lowest BCUT2D eigenvalue weighted by molar-refractivity contribution is 0.328. The summed E-state index contributed by atoms with van der Waals surface area (Å²) in [5.74, 6) is -0.596. The maximum atomic E-state index is 13.4. The Morgan fingerprint density at radius 2 is 2.19 bits per heavy atom. The monoisotopic (exact) mass is 246 g/mol. The molecule has 0 saturated heterocycles. The highest BCUT2D eigenvalue weighted by Crippen LogP contribution is 2.33. The van der Waals surface area contributed by atoms with E-state index in [4.69, 9.17) is 11.6 Å². The molecule has 2 rings (SSSR count). The molecule has 0 unspecified atom stereocenters. The Balaban J connectivity index is 2.00. The lowest BCUT2D eigenvalue weighted by Gasteiger charge is -2.34. The van der Waals surface area contributed by atoms with Gasteiger partial charge in [-0.2, -0.15) is 0 Å². The molecule has 88 valence electrons. The summed E-state index contributed by atoms with van der Waals surface area (Å²) in [6.07, 6.45) is 2.93. The van der Waals surface area contributed by atoms with Gasteiger partial charge in [-0.05, 0) is 18.8 Å². The van der Waals surface area contributed by atoms with Gasteiger partial charge in [-0.25, -0.2) is 13.8 Å². The van der Waals surface area contributed by atoms with E-state index in [2.05, 4.69) is 4.98 Å². The molecule has 0 aliphatic heterocycles. The van der Waals surface area contributed by atoms with Gasteiger partial charge in [0, 0.05) is 25.0 Å². The largest absolute Gasteiger partial charge is 0.357 e. The summed E-state index contributed by atoms with van der Waals surface area (Å²) in [5.41, 5.74) is 0.